The van der Waals surface area contributed by atoms with Crippen molar-refractivity contribution in [3.05, 3.63) is 0 Å². The molecule has 1 saturated carbocycles. The van der Waals surface area contributed by atoms with Crippen LogP contribution in [0, 0.1) is 5.41 Å². The lowest BCUT2D eigenvalue weighted by Gasteiger charge is -2.38. The van der Waals surface area contributed by atoms with Crippen LogP contribution in [0.15, 0.2) is 4.99 Å². The summed E-state index contributed by atoms with van der Waals surface area (Å²) in [6.07, 6.45) is 6.43. The van der Waals surface area contributed by atoms with Crippen LogP contribution >= 0.6 is 0 Å². The predicted octanol–water partition coefficient (Wildman–Crippen LogP) is 2.38. The van der Waals surface area contributed by atoms with Gasteiger partial charge in [0.05, 0.1) is 0 Å². The molecule has 0 atom stereocenters. The van der Waals surface area contributed by atoms with Crippen molar-refractivity contribution in [1.82, 2.24) is 20.0 Å². The Kier molecular flexibility index (Phi) is 6.73. The summed E-state index contributed by atoms with van der Waals surface area (Å²) in [4.78, 5) is 23.3. The number of carbonyl (C=O) groups excluding carboxylic acids is 1. The third-order valence-electron chi connectivity index (χ3n) is 6.32. The molecule has 3 rings (SSSR count). The van der Waals surface area contributed by atoms with Crippen molar-refractivity contribution in [2.24, 2.45) is 10.4 Å². The fraction of sp³-hybridized carbons (Fsp3) is 0.905. The topological polar surface area (TPSA) is 60.4 Å². The number of nitrogens with zero attached hydrogens (tertiary/aromatic N) is 4. The number of hydrogen-bond donors (Lipinski definition) is 1. The highest BCUT2D eigenvalue weighted by Gasteiger charge is 2.43. The summed E-state index contributed by atoms with van der Waals surface area (Å²) >= 11 is 0. The van der Waals surface area contributed by atoms with E-state index in [-0.39, 0.29) is 6.09 Å². The molecule has 2 aliphatic heterocycles. The molecule has 1 amide bonds. The summed E-state index contributed by atoms with van der Waals surface area (Å²) < 4.78 is 5.47. The quantitative estimate of drug-likeness (QED) is 0.451. The molecule has 0 unspecified atom stereocenters. The lowest BCUT2D eigenvalue weighted by molar-refractivity contribution is 0.0145. The Morgan fingerprint density at radius 3 is 2.32 bits per heavy atom. The van der Waals surface area contributed by atoms with E-state index in [2.05, 4.69) is 20.1 Å². The largest absolute Gasteiger partial charge is 0.444 e. The number of nitrogens with one attached hydrogen (secondary N) is 1. The Morgan fingerprint density at radius 1 is 1.07 bits per heavy atom. The van der Waals surface area contributed by atoms with E-state index in [4.69, 9.17) is 4.74 Å². The van der Waals surface area contributed by atoms with Crippen LogP contribution in [-0.4, -0.2) is 91.8 Å². The summed E-state index contributed by atoms with van der Waals surface area (Å²) in [5.74, 6) is 1.07. The Hall–Kier alpha value is -1.50. The smallest absolute Gasteiger partial charge is 0.410 e. The molecule has 2 saturated heterocycles. The molecule has 1 spiro atoms. The number of rotatable bonds is 4. The fourth-order valence-electron chi connectivity index (χ4n) is 4.52. The minimum Gasteiger partial charge on any atom is -0.444 e. The van der Waals surface area contributed by atoms with E-state index in [1.54, 1.807) is 0 Å². The molecule has 1 aliphatic carbocycles. The molecule has 160 valence electrons. The molecule has 28 heavy (non-hydrogen) atoms. The van der Waals surface area contributed by atoms with Gasteiger partial charge in [0, 0.05) is 52.9 Å². The Morgan fingerprint density at radius 2 is 1.79 bits per heavy atom. The lowest BCUT2D eigenvalue weighted by atomic mass is 9.68. The van der Waals surface area contributed by atoms with E-state index in [0.29, 0.717) is 5.41 Å². The van der Waals surface area contributed by atoms with Gasteiger partial charge in [0.2, 0.25) is 0 Å². The number of piperazine rings is 1. The zero-order chi connectivity index (χ0) is 20.2. The summed E-state index contributed by atoms with van der Waals surface area (Å²) in [5.41, 5.74) is 0.178. The first-order chi connectivity index (χ1) is 13.3. The van der Waals surface area contributed by atoms with Crippen molar-refractivity contribution >= 4 is 12.1 Å². The molecule has 3 aliphatic rings. The van der Waals surface area contributed by atoms with Crippen molar-refractivity contribution in [1.29, 1.82) is 0 Å². The number of carbonyl (C=O) groups is 1. The van der Waals surface area contributed by atoms with Gasteiger partial charge < -0.3 is 19.9 Å². The molecule has 3 fully saturated rings. The Labute approximate surface area is 170 Å². The molecule has 7 heteroatoms. The number of aliphatic imine (C=N–C) groups is 1. The van der Waals surface area contributed by atoms with E-state index in [1.165, 1.54) is 32.2 Å². The van der Waals surface area contributed by atoms with Crippen molar-refractivity contribution in [3.8, 4) is 0 Å². The van der Waals surface area contributed by atoms with Crippen LogP contribution in [0.2, 0.25) is 0 Å². The first-order valence-corrected chi connectivity index (χ1v) is 11.0. The molecule has 1 N–H and O–H groups in total. The molecular formula is C21H39N5O2. The van der Waals surface area contributed by atoms with Crippen molar-refractivity contribution in [3.63, 3.8) is 0 Å². The van der Waals surface area contributed by atoms with Crippen LogP contribution in [0.3, 0.4) is 0 Å². The van der Waals surface area contributed by atoms with Gasteiger partial charge in [-0.2, -0.15) is 0 Å². The van der Waals surface area contributed by atoms with E-state index < -0.39 is 5.60 Å². The maximum atomic E-state index is 12.1. The molecular weight excluding hydrogens is 354 g/mol. The average Bonchev–Trinajstić information content (AvgIpc) is 3.07. The Bertz CT molecular complexity index is 560. The summed E-state index contributed by atoms with van der Waals surface area (Å²) in [7, 11) is 1.89. The third-order valence-corrected chi connectivity index (χ3v) is 6.32. The molecule has 0 aromatic rings. The van der Waals surface area contributed by atoms with Crippen LogP contribution in [0.5, 0.6) is 0 Å². The lowest BCUT2D eigenvalue weighted by Crippen LogP contribution is -2.50. The summed E-state index contributed by atoms with van der Waals surface area (Å²) in [5, 5.41) is 3.55. The minimum absolute atomic E-state index is 0.188. The predicted molar refractivity (Wildman–Crippen MR) is 113 cm³/mol. The highest BCUT2D eigenvalue weighted by atomic mass is 16.6. The van der Waals surface area contributed by atoms with Gasteiger partial charge in [0.1, 0.15) is 5.60 Å². The summed E-state index contributed by atoms with van der Waals surface area (Å²) in [6, 6.07) is 0. The third kappa shape index (κ3) is 5.52. The number of hydrogen-bond acceptors (Lipinski definition) is 4. The molecule has 2 heterocycles. The summed E-state index contributed by atoms with van der Waals surface area (Å²) in [6.45, 7) is 13.4. The van der Waals surface area contributed by atoms with Gasteiger partial charge in [-0.1, -0.05) is 6.42 Å². The van der Waals surface area contributed by atoms with E-state index in [0.717, 1.165) is 58.2 Å². The van der Waals surface area contributed by atoms with Crippen LogP contribution in [-0.2, 0) is 4.74 Å². The number of ether oxygens (including phenoxy) is 1. The second kappa shape index (κ2) is 8.89. The molecule has 7 nitrogen and oxygen atoms in total. The van der Waals surface area contributed by atoms with Crippen molar-refractivity contribution in [2.45, 2.75) is 58.5 Å². The van der Waals surface area contributed by atoms with Gasteiger partial charge in [0.15, 0.2) is 5.96 Å². The van der Waals surface area contributed by atoms with Crippen LogP contribution < -0.4 is 5.32 Å². The van der Waals surface area contributed by atoms with Gasteiger partial charge in [-0.05, 0) is 58.4 Å². The minimum atomic E-state index is -0.425. The maximum Gasteiger partial charge on any atom is 0.410 e. The van der Waals surface area contributed by atoms with Gasteiger partial charge in [-0.25, -0.2) is 4.79 Å². The van der Waals surface area contributed by atoms with Gasteiger partial charge in [-0.3, -0.25) is 9.89 Å². The Balaban J connectivity index is 1.30. The monoisotopic (exact) mass is 393 g/mol. The normalized spacial score (nSPS) is 23.1. The second-order valence-corrected chi connectivity index (χ2v) is 9.66. The van der Waals surface area contributed by atoms with Crippen LogP contribution in [0.1, 0.15) is 52.9 Å². The van der Waals surface area contributed by atoms with E-state index >= 15 is 0 Å². The second-order valence-electron chi connectivity index (χ2n) is 9.66. The number of likely N-dealkylation sites (tertiary alicyclic amines) is 1. The van der Waals surface area contributed by atoms with Crippen molar-refractivity contribution in [2.75, 3.05) is 59.4 Å². The molecule has 0 radical (unpaired) electrons. The SMILES string of the molecule is CN=C(NCCCN1CCN(C(=O)OC(C)(C)C)CC1)N1CCC2(CCC2)C1. The average molecular weight is 394 g/mol. The first kappa shape index (κ1) is 21.2. The van der Waals surface area contributed by atoms with Crippen LogP contribution in [0.25, 0.3) is 0 Å². The first-order valence-electron chi connectivity index (χ1n) is 11.0. The molecule has 0 aromatic carbocycles. The van der Waals surface area contributed by atoms with Crippen LogP contribution in [0.4, 0.5) is 4.79 Å². The van der Waals surface area contributed by atoms with Gasteiger partial charge in [-0.15, -0.1) is 0 Å². The van der Waals surface area contributed by atoms with Gasteiger partial charge >= 0.3 is 6.09 Å². The zero-order valence-electron chi connectivity index (χ0n) is 18.3. The number of amides is 1. The zero-order valence-corrected chi connectivity index (χ0v) is 18.3. The fourth-order valence-corrected chi connectivity index (χ4v) is 4.52. The number of guanidine groups is 1. The molecule has 0 bridgehead atoms. The van der Waals surface area contributed by atoms with Crippen molar-refractivity contribution < 1.29 is 9.53 Å². The highest BCUT2D eigenvalue weighted by Crippen LogP contribution is 2.47. The maximum absolute atomic E-state index is 12.1. The van der Waals surface area contributed by atoms with E-state index in [1.807, 2.05) is 32.7 Å². The molecule has 0 aromatic heterocycles. The van der Waals surface area contributed by atoms with E-state index in [9.17, 15) is 4.79 Å². The standard InChI is InChI=1S/C21H39N5O2/c1-20(2,3)28-19(27)25-15-13-24(14-16-25)11-6-10-23-18(22-4)26-12-9-21(17-26)7-5-8-21/h5-17H2,1-4H3,(H,22,23). The highest BCUT2D eigenvalue weighted by molar-refractivity contribution is 5.80. The van der Waals surface area contributed by atoms with Gasteiger partial charge in [0.25, 0.3) is 0 Å².